The second kappa shape index (κ2) is 10.0. The van der Waals surface area contributed by atoms with Crippen LogP contribution < -0.4 is 14.8 Å². The van der Waals surface area contributed by atoms with Crippen molar-refractivity contribution in [1.29, 1.82) is 0 Å². The minimum absolute atomic E-state index is 0.0108. The van der Waals surface area contributed by atoms with Crippen LogP contribution in [0, 0.1) is 0 Å². The maximum Gasteiger partial charge on any atom is 0.233 e. The van der Waals surface area contributed by atoms with Crippen molar-refractivity contribution in [3.8, 4) is 28.6 Å². The molecule has 1 N–H and O–H groups in total. The maximum atomic E-state index is 12.6. The van der Waals surface area contributed by atoms with Gasteiger partial charge in [-0.1, -0.05) is 41.4 Å². The van der Waals surface area contributed by atoms with E-state index in [-0.39, 0.29) is 11.2 Å². The first-order valence-corrected chi connectivity index (χ1v) is 11.7. The summed E-state index contributed by atoms with van der Waals surface area (Å²) < 4.78 is 12.7. The van der Waals surface area contributed by atoms with Gasteiger partial charge >= 0.3 is 0 Å². The lowest BCUT2D eigenvalue weighted by Crippen LogP contribution is -2.30. The van der Waals surface area contributed by atoms with Gasteiger partial charge in [0.15, 0.2) is 11.0 Å². The first-order valence-electron chi connectivity index (χ1n) is 10.1. The van der Waals surface area contributed by atoms with Gasteiger partial charge < -0.3 is 14.8 Å². The van der Waals surface area contributed by atoms with E-state index in [0.29, 0.717) is 44.6 Å². The van der Waals surface area contributed by atoms with Crippen molar-refractivity contribution in [2.75, 3.05) is 20.8 Å². The average Bonchev–Trinajstić information content (AvgIpc) is 3.10. The number of carbonyl (C=O) groups is 1. The van der Waals surface area contributed by atoms with Crippen LogP contribution in [0.2, 0.25) is 10.0 Å². The fourth-order valence-electron chi connectivity index (χ4n) is 3.55. The highest BCUT2D eigenvalue weighted by molar-refractivity contribution is 8.00. The van der Waals surface area contributed by atoms with Gasteiger partial charge in [-0.15, -0.1) is 10.2 Å². The summed E-state index contributed by atoms with van der Waals surface area (Å²) in [6.45, 7) is 0.696. The van der Waals surface area contributed by atoms with E-state index in [1.54, 1.807) is 44.6 Å². The van der Waals surface area contributed by atoms with Crippen LogP contribution in [-0.4, -0.2) is 46.7 Å². The summed E-state index contributed by atoms with van der Waals surface area (Å²) >= 11 is 14.1. The largest absolute Gasteiger partial charge is 0.496 e. The lowest BCUT2D eigenvalue weighted by atomic mass is 10.2. The minimum atomic E-state index is -0.261. The molecule has 10 heteroatoms. The number of benzene rings is 2. The maximum absolute atomic E-state index is 12.6. The molecular formula is C22H22Cl2N4O3S. The summed E-state index contributed by atoms with van der Waals surface area (Å²) in [6.07, 6.45) is 2.70. The van der Waals surface area contributed by atoms with Crippen LogP contribution in [0.3, 0.4) is 0 Å². The first-order chi connectivity index (χ1) is 15.5. The number of methoxy groups -OCH3 is 2. The Morgan fingerprint density at radius 1 is 1.06 bits per heavy atom. The zero-order valence-corrected chi connectivity index (χ0v) is 19.9. The number of halogens is 2. The monoisotopic (exact) mass is 492 g/mol. The molecule has 3 aromatic rings. The molecule has 0 saturated carbocycles. The van der Waals surface area contributed by atoms with Crippen LogP contribution in [0.15, 0.2) is 41.6 Å². The van der Waals surface area contributed by atoms with Crippen molar-refractivity contribution in [1.82, 2.24) is 20.1 Å². The van der Waals surface area contributed by atoms with Crippen molar-refractivity contribution >= 4 is 40.9 Å². The van der Waals surface area contributed by atoms with Gasteiger partial charge in [0.1, 0.15) is 11.5 Å². The molecule has 0 bridgehead atoms. The molecule has 1 aliphatic rings. The van der Waals surface area contributed by atoms with Crippen molar-refractivity contribution in [3.63, 3.8) is 0 Å². The van der Waals surface area contributed by atoms with E-state index in [4.69, 9.17) is 32.7 Å². The quantitative estimate of drug-likeness (QED) is 0.520. The highest BCUT2D eigenvalue weighted by atomic mass is 35.5. The number of thioether (sulfide) groups is 1. The van der Waals surface area contributed by atoms with Gasteiger partial charge in [0.2, 0.25) is 5.91 Å². The lowest BCUT2D eigenvalue weighted by molar-refractivity contribution is -0.120. The molecule has 1 fully saturated rings. The number of rotatable bonds is 6. The van der Waals surface area contributed by atoms with E-state index < -0.39 is 0 Å². The number of aromatic nitrogens is 3. The van der Waals surface area contributed by atoms with Crippen molar-refractivity contribution in [3.05, 3.63) is 46.4 Å². The Balaban J connectivity index is 1.85. The van der Waals surface area contributed by atoms with Gasteiger partial charge in [-0.25, -0.2) is 0 Å². The molecule has 7 nitrogen and oxygen atoms in total. The average molecular weight is 493 g/mol. The molecule has 2 heterocycles. The summed E-state index contributed by atoms with van der Waals surface area (Å²) in [5.41, 5.74) is 1.41. The van der Waals surface area contributed by atoms with E-state index in [2.05, 4.69) is 15.5 Å². The minimum Gasteiger partial charge on any atom is -0.496 e. The molecule has 168 valence electrons. The molecule has 1 amide bonds. The molecule has 1 saturated heterocycles. The molecule has 1 aliphatic heterocycles. The summed E-state index contributed by atoms with van der Waals surface area (Å²) in [4.78, 5) is 12.6. The molecule has 2 aromatic carbocycles. The number of amides is 1. The van der Waals surface area contributed by atoms with Crippen molar-refractivity contribution in [2.24, 2.45) is 0 Å². The Bertz CT molecular complexity index is 1140. The fourth-order valence-corrected chi connectivity index (χ4v) is 5.09. The van der Waals surface area contributed by atoms with Crippen molar-refractivity contribution in [2.45, 2.75) is 29.7 Å². The van der Waals surface area contributed by atoms with Gasteiger partial charge in [-0.2, -0.15) is 0 Å². The predicted molar refractivity (Wildman–Crippen MR) is 126 cm³/mol. The van der Waals surface area contributed by atoms with E-state index in [0.717, 1.165) is 24.9 Å². The molecular weight excluding hydrogens is 471 g/mol. The molecule has 1 unspecified atom stereocenters. The van der Waals surface area contributed by atoms with Gasteiger partial charge in [0.05, 0.1) is 35.7 Å². The SMILES string of the molecule is COc1ccc(-n2c(SC3CCCCNC3=O)nnc2-c2cc(Cl)ccc2OC)cc1Cl. The summed E-state index contributed by atoms with van der Waals surface area (Å²) in [7, 11) is 3.15. The number of nitrogens with one attached hydrogen (secondary N) is 1. The highest BCUT2D eigenvalue weighted by Crippen LogP contribution is 2.38. The summed E-state index contributed by atoms with van der Waals surface area (Å²) in [5, 5.41) is 13.2. The van der Waals surface area contributed by atoms with Crippen molar-refractivity contribution < 1.29 is 14.3 Å². The molecule has 32 heavy (non-hydrogen) atoms. The topological polar surface area (TPSA) is 78.3 Å². The molecule has 4 rings (SSSR count). The highest BCUT2D eigenvalue weighted by Gasteiger charge is 2.27. The first kappa shape index (κ1) is 22.8. The van der Waals surface area contributed by atoms with E-state index >= 15 is 0 Å². The molecule has 0 aliphatic carbocycles. The van der Waals surface area contributed by atoms with Gasteiger partial charge in [0.25, 0.3) is 0 Å². The Kier molecular flexibility index (Phi) is 7.13. The van der Waals surface area contributed by atoms with Crippen LogP contribution in [0.4, 0.5) is 0 Å². The Morgan fingerprint density at radius 3 is 2.59 bits per heavy atom. The number of hydrogen-bond donors (Lipinski definition) is 1. The second-order valence-corrected chi connectivity index (χ2v) is 9.21. The molecule has 0 spiro atoms. The zero-order valence-electron chi connectivity index (χ0n) is 17.6. The van der Waals surface area contributed by atoms with Crippen LogP contribution in [-0.2, 0) is 4.79 Å². The number of nitrogens with zero attached hydrogens (tertiary/aromatic N) is 3. The smallest absolute Gasteiger partial charge is 0.233 e. The van der Waals surface area contributed by atoms with Crippen LogP contribution in [0.5, 0.6) is 11.5 Å². The third-order valence-electron chi connectivity index (χ3n) is 5.16. The molecule has 1 aromatic heterocycles. The Morgan fingerprint density at radius 2 is 1.84 bits per heavy atom. The Labute approximate surface area is 200 Å². The molecule has 0 radical (unpaired) electrons. The number of ether oxygens (including phenoxy) is 2. The molecule has 1 atom stereocenters. The Hall–Kier alpha value is -2.42. The second-order valence-electron chi connectivity index (χ2n) is 7.20. The van der Waals surface area contributed by atoms with E-state index in [1.807, 2.05) is 10.6 Å². The van der Waals surface area contributed by atoms with Crippen LogP contribution in [0.25, 0.3) is 17.1 Å². The lowest BCUT2D eigenvalue weighted by Gasteiger charge is -2.16. The summed E-state index contributed by atoms with van der Waals surface area (Å²) in [5.74, 6) is 1.70. The standard InChI is InChI=1S/C22H22Cl2N4O3S/c1-30-17-8-6-13(23)11-15(17)20-26-27-22(32-19-5-3-4-10-25-21(19)29)28(20)14-7-9-18(31-2)16(24)12-14/h6-9,11-12,19H,3-5,10H2,1-2H3,(H,25,29). The summed E-state index contributed by atoms with van der Waals surface area (Å²) in [6, 6.07) is 10.7. The predicted octanol–water partition coefficient (Wildman–Crippen LogP) is 5.02. The number of carbonyl (C=O) groups excluding carboxylic acids is 1. The third kappa shape index (κ3) is 4.67. The van der Waals surface area contributed by atoms with Gasteiger partial charge in [-0.3, -0.25) is 9.36 Å². The van der Waals surface area contributed by atoms with E-state index in [1.165, 1.54) is 11.8 Å². The zero-order chi connectivity index (χ0) is 22.7. The third-order valence-corrected chi connectivity index (χ3v) is 6.90. The normalized spacial score (nSPS) is 16.4. The van der Waals surface area contributed by atoms with Gasteiger partial charge in [0, 0.05) is 11.6 Å². The van der Waals surface area contributed by atoms with Crippen LogP contribution >= 0.6 is 35.0 Å². The number of hydrogen-bond acceptors (Lipinski definition) is 6. The fraction of sp³-hybridized carbons (Fsp3) is 0.318. The van der Waals surface area contributed by atoms with Crippen LogP contribution in [0.1, 0.15) is 19.3 Å². The van der Waals surface area contributed by atoms with E-state index in [9.17, 15) is 4.79 Å². The van der Waals surface area contributed by atoms with Gasteiger partial charge in [-0.05, 0) is 49.2 Å².